The van der Waals surface area contributed by atoms with Gasteiger partial charge in [0.1, 0.15) is 0 Å². The first kappa shape index (κ1) is 29.0. The lowest BCUT2D eigenvalue weighted by Gasteiger charge is -2.31. The number of aromatic nitrogens is 1. The summed E-state index contributed by atoms with van der Waals surface area (Å²) in [5.74, 6) is -0.515. The molecule has 4 rings (SSSR count). The summed E-state index contributed by atoms with van der Waals surface area (Å²) >= 11 is 0. The molecule has 0 radical (unpaired) electrons. The lowest BCUT2D eigenvalue weighted by atomic mass is 9.86. The Hall–Kier alpha value is -3.97. The van der Waals surface area contributed by atoms with E-state index in [1.165, 1.54) is 6.08 Å². The highest BCUT2D eigenvalue weighted by Crippen LogP contribution is 2.30. The van der Waals surface area contributed by atoms with Gasteiger partial charge in [0.15, 0.2) is 0 Å². The number of hydrogen-bond donors (Lipinski definition) is 1. The van der Waals surface area contributed by atoms with E-state index in [2.05, 4.69) is 29.2 Å². The maximum Gasteiger partial charge on any atom is 0.331 e. The van der Waals surface area contributed by atoms with Crippen LogP contribution in [0.4, 0.5) is 11.4 Å². The number of nitrogens with zero attached hydrogens (tertiary/aromatic N) is 3. The molecule has 1 aromatic heterocycles. The molecule has 1 heterocycles. The van der Waals surface area contributed by atoms with Gasteiger partial charge < -0.3 is 19.6 Å². The van der Waals surface area contributed by atoms with Gasteiger partial charge in [-0.05, 0) is 87.1 Å². The largest absolute Gasteiger partial charge is 0.460 e. The Morgan fingerprint density at radius 3 is 2.35 bits per heavy atom. The first-order chi connectivity index (χ1) is 19.2. The molecule has 1 fully saturated rings. The Labute approximate surface area is 237 Å². The van der Waals surface area contributed by atoms with Crippen LogP contribution in [-0.2, 0) is 20.9 Å². The van der Waals surface area contributed by atoms with E-state index in [0.29, 0.717) is 32.2 Å². The fourth-order valence-corrected chi connectivity index (χ4v) is 4.87. The molecule has 7 heteroatoms. The summed E-state index contributed by atoms with van der Waals surface area (Å²) in [5.41, 5.74) is 5.48. The van der Waals surface area contributed by atoms with Crippen molar-refractivity contribution in [3.05, 3.63) is 84.1 Å². The minimum atomic E-state index is -0.406. The first-order valence-electron chi connectivity index (χ1n) is 13.9. The minimum absolute atomic E-state index is 0.0376. The van der Waals surface area contributed by atoms with E-state index in [9.17, 15) is 14.7 Å². The fraction of sp³-hybridized carbons (Fsp3) is 0.364. The molecule has 7 nitrogen and oxygen atoms in total. The highest BCUT2D eigenvalue weighted by atomic mass is 16.5. The van der Waals surface area contributed by atoms with Gasteiger partial charge in [0.25, 0.3) is 0 Å². The second-order valence-corrected chi connectivity index (χ2v) is 10.8. The highest BCUT2D eigenvalue weighted by molar-refractivity contribution is 5.95. The molecular formula is C33H39N3O4. The van der Waals surface area contributed by atoms with Crippen LogP contribution in [0.2, 0.25) is 0 Å². The van der Waals surface area contributed by atoms with Crippen LogP contribution in [0.3, 0.4) is 0 Å². The summed E-state index contributed by atoms with van der Waals surface area (Å²) in [7, 11) is 4.02. The van der Waals surface area contributed by atoms with Crippen LogP contribution in [0.1, 0.15) is 50.7 Å². The number of ether oxygens (including phenoxy) is 1. The van der Waals surface area contributed by atoms with Crippen molar-refractivity contribution in [1.29, 1.82) is 0 Å². The summed E-state index contributed by atoms with van der Waals surface area (Å²) < 4.78 is 5.19. The predicted octanol–water partition coefficient (Wildman–Crippen LogP) is 5.86. The molecule has 1 amide bonds. The smallest absolute Gasteiger partial charge is 0.331 e. The lowest BCUT2D eigenvalue weighted by Crippen LogP contribution is -2.38. The van der Waals surface area contributed by atoms with Crippen LogP contribution in [0, 0.1) is 5.92 Å². The van der Waals surface area contributed by atoms with Crippen molar-refractivity contribution < 1.29 is 19.4 Å². The van der Waals surface area contributed by atoms with Gasteiger partial charge in [0, 0.05) is 49.2 Å². The molecule has 3 aromatic rings. The molecule has 210 valence electrons. The van der Waals surface area contributed by atoms with Gasteiger partial charge in [-0.1, -0.05) is 30.3 Å². The molecule has 0 saturated heterocycles. The summed E-state index contributed by atoms with van der Waals surface area (Å²) in [6.45, 7) is 3.98. The Morgan fingerprint density at radius 1 is 1.00 bits per heavy atom. The second kappa shape index (κ2) is 13.4. The Balaban J connectivity index is 1.57. The third-order valence-electron chi connectivity index (χ3n) is 7.10. The van der Waals surface area contributed by atoms with Crippen LogP contribution in [-0.4, -0.2) is 48.3 Å². The van der Waals surface area contributed by atoms with E-state index in [1.54, 1.807) is 11.0 Å². The lowest BCUT2D eigenvalue weighted by molar-refractivity contribution is -0.141. The molecule has 40 heavy (non-hydrogen) atoms. The number of esters is 1. The van der Waals surface area contributed by atoms with E-state index >= 15 is 0 Å². The Kier molecular flexibility index (Phi) is 9.72. The van der Waals surface area contributed by atoms with Crippen molar-refractivity contribution in [3.8, 4) is 11.3 Å². The number of carbonyl (C=O) groups excluding carboxylic acids is 2. The van der Waals surface area contributed by atoms with Crippen LogP contribution in [0.25, 0.3) is 17.3 Å². The van der Waals surface area contributed by atoms with Gasteiger partial charge in [-0.25, -0.2) is 4.79 Å². The molecule has 2 aromatic carbocycles. The number of amides is 1. The molecule has 0 atom stereocenters. The summed E-state index contributed by atoms with van der Waals surface area (Å²) in [6.07, 6.45) is 7.00. The van der Waals surface area contributed by atoms with Gasteiger partial charge in [0.05, 0.1) is 24.4 Å². The maximum absolute atomic E-state index is 13.8. The van der Waals surface area contributed by atoms with Crippen molar-refractivity contribution in [2.24, 2.45) is 5.92 Å². The number of hydrogen-bond acceptors (Lipinski definition) is 6. The number of rotatable bonds is 9. The van der Waals surface area contributed by atoms with Crippen molar-refractivity contribution in [1.82, 2.24) is 4.98 Å². The van der Waals surface area contributed by atoms with Crippen molar-refractivity contribution in [3.63, 3.8) is 0 Å². The van der Waals surface area contributed by atoms with Crippen molar-refractivity contribution in [2.45, 2.75) is 58.3 Å². The summed E-state index contributed by atoms with van der Waals surface area (Å²) in [6, 6.07) is 19.8. The van der Waals surface area contributed by atoms with Gasteiger partial charge in [-0.3, -0.25) is 9.78 Å². The van der Waals surface area contributed by atoms with Crippen molar-refractivity contribution >= 4 is 29.3 Å². The van der Waals surface area contributed by atoms with Gasteiger partial charge in [-0.15, -0.1) is 0 Å². The van der Waals surface area contributed by atoms with Crippen LogP contribution in [0.15, 0.2) is 72.9 Å². The van der Waals surface area contributed by atoms with Crippen molar-refractivity contribution in [2.75, 3.05) is 23.9 Å². The molecular weight excluding hydrogens is 502 g/mol. The zero-order valence-corrected chi connectivity index (χ0v) is 23.8. The molecule has 1 saturated carbocycles. The third-order valence-corrected chi connectivity index (χ3v) is 7.10. The average molecular weight is 542 g/mol. The SMILES string of the molecule is CC(C)OC(=O)/C=C/c1cccc(N(Cc2ccc(-c3ccc(N(C)C)cc3)nc2)C(=O)C2CCC(O)CC2)c1. The standard InChI is InChI=1S/C33H39N3O4/c1-23(2)40-32(38)19-9-24-6-5-7-29(20-24)36(33(39)27-12-16-30(37)17-13-27)22-25-8-18-31(34-21-25)26-10-14-28(15-11-26)35(3)4/h5-11,14-15,18-21,23,27,30,37H,12-13,16-17,22H2,1-4H3/b19-9+. The molecule has 1 aliphatic rings. The number of anilines is 2. The number of pyridine rings is 1. The normalized spacial score (nSPS) is 17.1. The topological polar surface area (TPSA) is 83.0 Å². The van der Waals surface area contributed by atoms with Gasteiger partial charge >= 0.3 is 5.97 Å². The van der Waals surface area contributed by atoms with E-state index < -0.39 is 5.97 Å². The second-order valence-electron chi connectivity index (χ2n) is 10.8. The van der Waals surface area contributed by atoms with E-state index in [1.807, 2.05) is 70.5 Å². The Bertz CT molecular complexity index is 1310. The van der Waals surface area contributed by atoms with Crippen LogP contribution >= 0.6 is 0 Å². The van der Waals surface area contributed by atoms with Crippen LogP contribution in [0.5, 0.6) is 0 Å². The van der Waals surface area contributed by atoms with E-state index in [4.69, 9.17) is 9.72 Å². The van der Waals surface area contributed by atoms with E-state index in [0.717, 1.165) is 33.8 Å². The number of carbonyl (C=O) groups is 2. The monoisotopic (exact) mass is 541 g/mol. The molecule has 0 bridgehead atoms. The average Bonchev–Trinajstić information content (AvgIpc) is 2.95. The predicted molar refractivity (Wildman–Crippen MR) is 160 cm³/mol. The number of aliphatic hydroxyl groups is 1. The minimum Gasteiger partial charge on any atom is -0.460 e. The Morgan fingerprint density at radius 2 is 1.73 bits per heavy atom. The van der Waals surface area contributed by atoms with Gasteiger partial charge in [0.2, 0.25) is 5.91 Å². The zero-order chi connectivity index (χ0) is 28.6. The molecule has 0 aliphatic heterocycles. The third kappa shape index (κ3) is 7.79. The molecule has 1 N–H and O–H groups in total. The number of aliphatic hydroxyl groups excluding tert-OH is 1. The zero-order valence-electron chi connectivity index (χ0n) is 23.8. The number of benzene rings is 2. The summed E-state index contributed by atoms with van der Waals surface area (Å²) in [5, 5.41) is 9.98. The molecule has 0 spiro atoms. The molecule has 1 aliphatic carbocycles. The summed E-state index contributed by atoms with van der Waals surface area (Å²) in [4.78, 5) is 34.4. The fourth-order valence-electron chi connectivity index (χ4n) is 4.87. The first-order valence-corrected chi connectivity index (χ1v) is 13.9. The van der Waals surface area contributed by atoms with Gasteiger partial charge in [-0.2, -0.15) is 0 Å². The molecule has 0 unspecified atom stereocenters. The van der Waals surface area contributed by atoms with Crippen LogP contribution < -0.4 is 9.80 Å². The quantitative estimate of drug-likeness (QED) is 0.270. The van der Waals surface area contributed by atoms with E-state index in [-0.39, 0.29) is 24.0 Å². The maximum atomic E-state index is 13.8. The highest BCUT2D eigenvalue weighted by Gasteiger charge is 2.30.